The zero-order valence-electron chi connectivity index (χ0n) is 13.7. The van der Waals surface area contributed by atoms with E-state index in [9.17, 15) is 9.90 Å². The first-order valence-corrected chi connectivity index (χ1v) is 7.63. The molecule has 0 spiro atoms. The molecule has 0 aromatic carbocycles. The van der Waals surface area contributed by atoms with Gasteiger partial charge in [0.1, 0.15) is 11.4 Å². The minimum absolute atomic E-state index is 0.260. The van der Waals surface area contributed by atoms with Gasteiger partial charge in [0, 0.05) is 32.4 Å². The number of amides is 1. The number of nitrogens with zero attached hydrogens (tertiary/aromatic N) is 3. The molecular formula is C16H25N3O3. The molecule has 1 aliphatic heterocycles. The first kappa shape index (κ1) is 16.5. The topological polar surface area (TPSA) is 65.9 Å². The van der Waals surface area contributed by atoms with Crippen molar-refractivity contribution in [3.8, 4) is 0 Å². The lowest BCUT2D eigenvalue weighted by molar-refractivity contribution is 0.0240. The average molecular weight is 307 g/mol. The molecule has 0 radical (unpaired) electrons. The third kappa shape index (κ3) is 4.34. The van der Waals surface area contributed by atoms with E-state index in [2.05, 4.69) is 9.88 Å². The van der Waals surface area contributed by atoms with Crippen LogP contribution in [0.1, 0.15) is 39.4 Å². The van der Waals surface area contributed by atoms with Crippen LogP contribution in [0.25, 0.3) is 0 Å². The molecule has 1 atom stereocenters. The predicted molar refractivity (Wildman–Crippen MR) is 84.9 cm³/mol. The molecule has 0 saturated carbocycles. The van der Waals surface area contributed by atoms with Crippen LogP contribution >= 0.6 is 0 Å². The number of aliphatic hydroxyl groups excluding tert-OH is 1. The van der Waals surface area contributed by atoms with Gasteiger partial charge in [-0.15, -0.1) is 0 Å². The summed E-state index contributed by atoms with van der Waals surface area (Å²) in [4.78, 5) is 20.3. The highest BCUT2D eigenvalue weighted by Gasteiger charge is 2.26. The number of hydrogen-bond donors (Lipinski definition) is 1. The maximum atomic E-state index is 12.0. The van der Waals surface area contributed by atoms with Crippen molar-refractivity contribution in [2.24, 2.45) is 0 Å². The van der Waals surface area contributed by atoms with Crippen LogP contribution in [-0.2, 0) is 4.74 Å². The molecule has 2 heterocycles. The molecule has 6 heteroatoms. The molecule has 2 rings (SSSR count). The van der Waals surface area contributed by atoms with Crippen molar-refractivity contribution < 1.29 is 14.6 Å². The summed E-state index contributed by atoms with van der Waals surface area (Å²) >= 11 is 0. The largest absolute Gasteiger partial charge is 0.444 e. The minimum atomic E-state index is -0.509. The number of aliphatic hydroxyl groups is 1. The highest BCUT2D eigenvalue weighted by Crippen LogP contribution is 2.18. The zero-order chi connectivity index (χ0) is 16.3. The monoisotopic (exact) mass is 307 g/mol. The third-order valence-electron chi connectivity index (χ3n) is 3.51. The van der Waals surface area contributed by atoms with Gasteiger partial charge in [-0.25, -0.2) is 9.78 Å². The number of piperazine rings is 1. The molecule has 1 aromatic rings. The van der Waals surface area contributed by atoms with Crippen molar-refractivity contribution in [3.63, 3.8) is 0 Å². The number of carbonyl (C=O) groups excluding carboxylic acids is 1. The van der Waals surface area contributed by atoms with Gasteiger partial charge < -0.3 is 19.6 Å². The second kappa shape index (κ2) is 6.52. The van der Waals surface area contributed by atoms with Crippen LogP contribution in [0.4, 0.5) is 10.6 Å². The van der Waals surface area contributed by atoms with Crippen LogP contribution < -0.4 is 4.90 Å². The summed E-state index contributed by atoms with van der Waals surface area (Å²) in [5.74, 6) is 0.869. The maximum Gasteiger partial charge on any atom is 0.410 e. The minimum Gasteiger partial charge on any atom is -0.444 e. The molecule has 1 amide bonds. The molecule has 22 heavy (non-hydrogen) atoms. The van der Waals surface area contributed by atoms with Gasteiger partial charge in [0.15, 0.2) is 0 Å². The normalized spacial score (nSPS) is 17.3. The Morgan fingerprint density at radius 2 is 1.91 bits per heavy atom. The molecular weight excluding hydrogens is 282 g/mol. The SMILES string of the molecule is CC(O)c1ccc(N2CCN(C(=O)OC(C)(C)C)CC2)nc1. The first-order chi connectivity index (χ1) is 10.3. The molecule has 0 aliphatic carbocycles. The number of carbonyl (C=O) groups is 1. The summed E-state index contributed by atoms with van der Waals surface area (Å²) in [6.07, 6.45) is 0.926. The summed E-state index contributed by atoms with van der Waals surface area (Å²) < 4.78 is 5.39. The van der Waals surface area contributed by atoms with Crippen molar-refractivity contribution in [3.05, 3.63) is 23.9 Å². The molecule has 1 fully saturated rings. The molecule has 1 N–H and O–H groups in total. The molecule has 0 bridgehead atoms. The van der Waals surface area contributed by atoms with Crippen LogP contribution in [0.5, 0.6) is 0 Å². The smallest absolute Gasteiger partial charge is 0.410 e. The molecule has 1 aromatic heterocycles. The number of ether oxygens (including phenoxy) is 1. The van der Waals surface area contributed by atoms with Gasteiger partial charge in [0.05, 0.1) is 6.10 Å². The molecule has 122 valence electrons. The van der Waals surface area contributed by atoms with E-state index in [1.165, 1.54) is 0 Å². The fraction of sp³-hybridized carbons (Fsp3) is 0.625. The van der Waals surface area contributed by atoms with Gasteiger partial charge in [0.2, 0.25) is 0 Å². The Balaban J connectivity index is 1.90. The standard InChI is InChI=1S/C16H25N3O3/c1-12(20)13-5-6-14(17-11-13)18-7-9-19(10-8-18)15(21)22-16(2,3)4/h5-6,11-12,20H,7-10H2,1-4H3. The Morgan fingerprint density at radius 1 is 1.27 bits per heavy atom. The van der Waals surface area contributed by atoms with Crippen molar-refractivity contribution in [1.29, 1.82) is 0 Å². The average Bonchev–Trinajstić information content (AvgIpc) is 2.46. The van der Waals surface area contributed by atoms with E-state index in [1.807, 2.05) is 32.9 Å². The highest BCUT2D eigenvalue weighted by molar-refractivity contribution is 5.68. The second-order valence-electron chi connectivity index (χ2n) is 6.58. The maximum absolute atomic E-state index is 12.0. The van der Waals surface area contributed by atoms with Crippen molar-refractivity contribution in [1.82, 2.24) is 9.88 Å². The van der Waals surface area contributed by atoms with E-state index < -0.39 is 11.7 Å². The number of aromatic nitrogens is 1. The Morgan fingerprint density at radius 3 is 2.36 bits per heavy atom. The van der Waals surface area contributed by atoms with E-state index in [4.69, 9.17) is 4.74 Å². The van der Waals surface area contributed by atoms with Gasteiger partial charge >= 0.3 is 6.09 Å². The lowest BCUT2D eigenvalue weighted by Crippen LogP contribution is -2.50. The van der Waals surface area contributed by atoms with Gasteiger partial charge in [-0.05, 0) is 39.3 Å². The summed E-state index contributed by atoms with van der Waals surface area (Å²) in [5, 5.41) is 9.50. The van der Waals surface area contributed by atoms with Crippen molar-refractivity contribution in [2.45, 2.75) is 39.4 Å². The van der Waals surface area contributed by atoms with Gasteiger partial charge in [-0.2, -0.15) is 0 Å². The summed E-state index contributed by atoms with van der Waals surface area (Å²) in [6, 6.07) is 3.79. The summed E-state index contributed by atoms with van der Waals surface area (Å²) in [7, 11) is 0. The van der Waals surface area contributed by atoms with Crippen LogP contribution in [0, 0.1) is 0 Å². The Kier molecular flexibility index (Phi) is 4.90. The van der Waals surface area contributed by atoms with E-state index in [-0.39, 0.29) is 6.09 Å². The van der Waals surface area contributed by atoms with Crippen LogP contribution in [0.15, 0.2) is 18.3 Å². The van der Waals surface area contributed by atoms with Gasteiger partial charge in [-0.1, -0.05) is 6.07 Å². The molecule has 1 unspecified atom stereocenters. The highest BCUT2D eigenvalue weighted by atomic mass is 16.6. The van der Waals surface area contributed by atoms with E-state index in [0.29, 0.717) is 13.1 Å². The zero-order valence-corrected chi connectivity index (χ0v) is 13.7. The van der Waals surface area contributed by atoms with E-state index in [1.54, 1.807) is 18.0 Å². The Labute approximate surface area is 131 Å². The fourth-order valence-electron chi connectivity index (χ4n) is 2.28. The van der Waals surface area contributed by atoms with Crippen LogP contribution in [0.2, 0.25) is 0 Å². The summed E-state index contributed by atoms with van der Waals surface area (Å²) in [5.41, 5.74) is 0.336. The lowest BCUT2D eigenvalue weighted by atomic mass is 10.2. The van der Waals surface area contributed by atoms with Crippen LogP contribution in [-0.4, -0.2) is 52.9 Å². The van der Waals surface area contributed by atoms with Crippen LogP contribution in [0.3, 0.4) is 0 Å². The fourth-order valence-corrected chi connectivity index (χ4v) is 2.28. The van der Waals surface area contributed by atoms with E-state index in [0.717, 1.165) is 24.5 Å². The quantitative estimate of drug-likeness (QED) is 0.907. The lowest BCUT2D eigenvalue weighted by Gasteiger charge is -2.36. The second-order valence-corrected chi connectivity index (χ2v) is 6.58. The van der Waals surface area contributed by atoms with Gasteiger partial charge in [-0.3, -0.25) is 0 Å². The van der Waals surface area contributed by atoms with Crippen molar-refractivity contribution >= 4 is 11.9 Å². The summed E-state index contributed by atoms with van der Waals surface area (Å²) in [6.45, 7) is 10.0. The number of pyridine rings is 1. The van der Waals surface area contributed by atoms with Crippen molar-refractivity contribution in [2.75, 3.05) is 31.1 Å². The van der Waals surface area contributed by atoms with E-state index >= 15 is 0 Å². The number of hydrogen-bond acceptors (Lipinski definition) is 5. The predicted octanol–water partition coefficient (Wildman–Crippen LogP) is 2.19. The molecule has 6 nitrogen and oxygen atoms in total. The Hall–Kier alpha value is -1.82. The third-order valence-corrected chi connectivity index (χ3v) is 3.51. The number of rotatable bonds is 2. The molecule has 1 saturated heterocycles. The first-order valence-electron chi connectivity index (χ1n) is 7.63. The molecule has 1 aliphatic rings. The Bertz CT molecular complexity index is 500. The van der Waals surface area contributed by atoms with Gasteiger partial charge in [0.25, 0.3) is 0 Å². The number of anilines is 1.